The molecule has 21 heavy (non-hydrogen) atoms. The predicted molar refractivity (Wildman–Crippen MR) is 78.7 cm³/mol. The van der Waals surface area contributed by atoms with Crippen molar-refractivity contribution in [3.05, 3.63) is 65.7 Å². The summed E-state index contributed by atoms with van der Waals surface area (Å²) < 4.78 is 5.31. The van der Waals surface area contributed by atoms with E-state index in [0.717, 1.165) is 0 Å². The van der Waals surface area contributed by atoms with Crippen molar-refractivity contribution >= 4 is 11.6 Å². The van der Waals surface area contributed by atoms with Gasteiger partial charge in [-0.15, -0.1) is 0 Å². The van der Waals surface area contributed by atoms with Gasteiger partial charge in [-0.25, -0.2) is 0 Å². The van der Waals surface area contributed by atoms with Gasteiger partial charge in [-0.2, -0.15) is 0 Å². The van der Waals surface area contributed by atoms with Crippen LogP contribution in [0.4, 0.5) is 0 Å². The lowest BCUT2D eigenvalue weighted by Gasteiger charge is -2.09. The monoisotopic (exact) mass is 284 g/mol. The molecule has 0 radical (unpaired) electrons. The van der Waals surface area contributed by atoms with Crippen LogP contribution >= 0.6 is 0 Å². The summed E-state index contributed by atoms with van der Waals surface area (Å²) in [4.78, 5) is 24.3. The van der Waals surface area contributed by atoms with Crippen LogP contribution in [-0.4, -0.2) is 29.9 Å². The number of para-hydroxylation sites is 1. The summed E-state index contributed by atoms with van der Waals surface area (Å²) in [7, 11) is 0. The first kappa shape index (κ1) is 14.9. The van der Waals surface area contributed by atoms with Crippen molar-refractivity contribution in [3.8, 4) is 5.75 Å². The van der Waals surface area contributed by atoms with E-state index in [9.17, 15) is 9.59 Å². The molecule has 108 valence electrons. The molecule has 0 bridgehead atoms. The van der Waals surface area contributed by atoms with Crippen molar-refractivity contribution in [2.75, 3.05) is 13.2 Å². The Morgan fingerprint density at radius 2 is 1.57 bits per heavy atom. The third kappa shape index (κ3) is 4.00. The zero-order chi connectivity index (χ0) is 15.1. The van der Waals surface area contributed by atoms with Crippen molar-refractivity contribution < 1.29 is 19.4 Å². The van der Waals surface area contributed by atoms with Crippen molar-refractivity contribution in [1.82, 2.24) is 0 Å². The highest BCUT2D eigenvalue weighted by Gasteiger charge is 2.16. The van der Waals surface area contributed by atoms with Crippen LogP contribution in [0, 0.1) is 0 Å². The summed E-state index contributed by atoms with van der Waals surface area (Å²) >= 11 is 0. The van der Waals surface area contributed by atoms with E-state index in [2.05, 4.69) is 0 Å². The molecular weight excluding hydrogens is 268 g/mol. The van der Waals surface area contributed by atoms with Gasteiger partial charge in [0.05, 0.1) is 18.6 Å². The summed E-state index contributed by atoms with van der Waals surface area (Å²) in [6, 6.07) is 15.4. The Bertz CT molecular complexity index is 620. The molecule has 0 amide bonds. The second-order valence-corrected chi connectivity index (χ2v) is 4.46. The minimum Gasteiger partial charge on any atom is -0.490 e. The van der Waals surface area contributed by atoms with Crippen molar-refractivity contribution in [2.45, 2.75) is 6.42 Å². The molecule has 0 aliphatic carbocycles. The average molecular weight is 284 g/mol. The first-order valence-electron chi connectivity index (χ1n) is 6.66. The maximum Gasteiger partial charge on any atom is 0.174 e. The summed E-state index contributed by atoms with van der Waals surface area (Å²) in [6.07, 6.45) is -0.205. The molecule has 0 aromatic heterocycles. The van der Waals surface area contributed by atoms with Crippen LogP contribution in [0.5, 0.6) is 5.75 Å². The number of carbonyl (C=O) groups excluding carboxylic acids is 2. The number of aliphatic hydroxyl groups excluding tert-OH is 1. The van der Waals surface area contributed by atoms with Gasteiger partial charge in [0, 0.05) is 5.56 Å². The van der Waals surface area contributed by atoms with Crippen LogP contribution in [0.1, 0.15) is 27.1 Å². The van der Waals surface area contributed by atoms with Crippen LogP contribution < -0.4 is 4.74 Å². The number of carbonyl (C=O) groups is 2. The predicted octanol–water partition coefficient (Wildman–Crippen LogP) is 2.51. The molecule has 0 saturated heterocycles. The molecule has 0 atom stereocenters. The van der Waals surface area contributed by atoms with Gasteiger partial charge in [-0.1, -0.05) is 42.5 Å². The van der Waals surface area contributed by atoms with E-state index in [1.807, 2.05) is 6.07 Å². The van der Waals surface area contributed by atoms with Crippen LogP contribution in [-0.2, 0) is 0 Å². The maximum atomic E-state index is 12.2. The topological polar surface area (TPSA) is 63.6 Å². The maximum absolute atomic E-state index is 12.2. The molecule has 1 N–H and O–H groups in total. The standard InChI is InChI=1S/C17H16O4/c18-10-11-21-17-9-5-4-8-14(17)16(20)12-15(19)13-6-2-1-3-7-13/h1-9,18H,10-12H2. The molecule has 4 nitrogen and oxygen atoms in total. The Balaban J connectivity index is 2.12. The van der Waals surface area contributed by atoms with Gasteiger partial charge in [0.2, 0.25) is 0 Å². The van der Waals surface area contributed by atoms with Gasteiger partial charge in [-0.05, 0) is 12.1 Å². The Hall–Kier alpha value is -2.46. The quantitative estimate of drug-likeness (QED) is 0.627. The molecule has 4 heteroatoms. The van der Waals surface area contributed by atoms with Gasteiger partial charge in [-0.3, -0.25) is 9.59 Å². The van der Waals surface area contributed by atoms with E-state index in [0.29, 0.717) is 16.9 Å². The molecule has 0 spiro atoms. The second kappa shape index (κ2) is 7.36. The number of ether oxygens (including phenoxy) is 1. The SMILES string of the molecule is O=C(CC(=O)c1ccccc1OCCO)c1ccccc1. The molecule has 0 saturated carbocycles. The van der Waals surface area contributed by atoms with Gasteiger partial charge in [0.25, 0.3) is 0 Å². The van der Waals surface area contributed by atoms with Crippen molar-refractivity contribution in [2.24, 2.45) is 0 Å². The van der Waals surface area contributed by atoms with Gasteiger partial charge in [0.15, 0.2) is 11.6 Å². The highest BCUT2D eigenvalue weighted by atomic mass is 16.5. The molecule has 0 aliphatic rings. The lowest BCUT2D eigenvalue weighted by Crippen LogP contribution is -2.11. The van der Waals surface area contributed by atoms with Crippen LogP contribution in [0.2, 0.25) is 0 Å². The smallest absolute Gasteiger partial charge is 0.174 e. The fourth-order valence-corrected chi connectivity index (χ4v) is 1.95. The summed E-state index contributed by atoms with van der Waals surface area (Å²) in [5.41, 5.74) is 0.870. The second-order valence-electron chi connectivity index (χ2n) is 4.46. The summed E-state index contributed by atoms with van der Waals surface area (Å²) in [5.74, 6) is -0.132. The first-order chi connectivity index (χ1) is 10.2. The number of hydrogen-bond acceptors (Lipinski definition) is 4. The number of ketones is 2. The zero-order valence-corrected chi connectivity index (χ0v) is 11.5. The number of rotatable bonds is 7. The van der Waals surface area contributed by atoms with Gasteiger partial charge < -0.3 is 9.84 Å². The average Bonchev–Trinajstić information content (AvgIpc) is 2.54. The van der Waals surface area contributed by atoms with Gasteiger partial charge in [0.1, 0.15) is 12.4 Å². The fraction of sp³-hybridized carbons (Fsp3) is 0.176. The van der Waals surface area contributed by atoms with Crippen LogP contribution in [0.15, 0.2) is 54.6 Å². The van der Waals surface area contributed by atoms with Crippen LogP contribution in [0.25, 0.3) is 0 Å². The Morgan fingerprint density at radius 3 is 2.29 bits per heavy atom. The molecule has 0 fully saturated rings. The van der Waals surface area contributed by atoms with Crippen molar-refractivity contribution in [3.63, 3.8) is 0 Å². The first-order valence-corrected chi connectivity index (χ1v) is 6.66. The molecule has 0 heterocycles. The number of Topliss-reactive ketones (excluding diaryl/α,β-unsaturated/α-hetero) is 2. The highest BCUT2D eigenvalue weighted by molar-refractivity contribution is 6.14. The molecular formula is C17H16O4. The van der Waals surface area contributed by atoms with E-state index in [4.69, 9.17) is 9.84 Å². The molecule has 2 rings (SSSR count). The van der Waals surface area contributed by atoms with E-state index >= 15 is 0 Å². The lowest BCUT2D eigenvalue weighted by molar-refractivity contribution is 0.0891. The van der Waals surface area contributed by atoms with E-state index in [-0.39, 0.29) is 31.2 Å². The Labute approximate surface area is 123 Å². The Morgan fingerprint density at radius 1 is 0.905 bits per heavy atom. The van der Waals surface area contributed by atoms with E-state index in [1.165, 1.54) is 0 Å². The minimum absolute atomic E-state index is 0.108. The summed E-state index contributed by atoms with van der Waals surface area (Å²) in [5, 5.41) is 8.79. The van der Waals surface area contributed by atoms with Crippen LogP contribution in [0.3, 0.4) is 0 Å². The largest absolute Gasteiger partial charge is 0.490 e. The third-order valence-electron chi connectivity index (χ3n) is 2.95. The van der Waals surface area contributed by atoms with Crippen molar-refractivity contribution in [1.29, 1.82) is 0 Å². The lowest BCUT2D eigenvalue weighted by atomic mass is 10.0. The van der Waals surface area contributed by atoms with Gasteiger partial charge >= 0.3 is 0 Å². The number of benzene rings is 2. The number of hydrogen-bond donors (Lipinski definition) is 1. The minimum atomic E-state index is -0.294. The van der Waals surface area contributed by atoms with E-state index in [1.54, 1.807) is 48.5 Å². The normalized spacial score (nSPS) is 10.1. The number of aliphatic hydroxyl groups is 1. The molecule has 0 aliphatic heterocycles. The summed E-state index contributed by atoms with van der Waals surface area (Å²) in [6.45, 7) is -0.0254. The molecule has 2 aromatic carbocycles. The zero-order valence-electron chi connectivity index (χ0n) is 11.5. The van der Waals surface area contributed by atoms with E-state index < -0.39 is 0 Å². The molecule has 2 aromatic rings. The third-order valence-corrected chi connectivity index (χ3v) is 2.95. The Kier molecular flexibility index (Phi) is 5.23. The fourth-order valence-electron chi connectivity index (χ4n) is 1.95. The molecule has 0 unspecified atom stereocenters. The highest BCUT2D eigenvalue weighted by Crippen LogP contribution is 2.20.